The van der Waals surface area contributed by atoms with E-state index in [-0.39, 0.29) is 23.6 Å². The van der Waals surface area contributed by atoms with E-state index < -0.39 is 0 Å². The van der Waals surface area contributed by atoms with Gasteiger partial charge in [0.1, 0.15) is 5.75 Å². The lowest BCUT2D eigenvalue weighted by molar-refractivity contribution is 0.103. The summed E-state index contributed by atoms with van der Waals surface area (Å²) in [6, 6.07) is 12.5. The second-order valence-corrected chi connectivity index (χ2v) is 6.46. The molecule has 2 rings (SSSR count). The van der Waals surface area contributed by atoms with Crippen molar-refractivity contribution in [1.29, 1.82) is 0 Å². The zero-order valence-corrected chi connectivity index (χ0v) is 13.3. The van der Waals surface area contributed by atoms with Gasteiger partial charge in [-0.25, -0.2) is 0 Å². The lowest BCUT2D eigenvalue weighted by Crippen LogP contribution is -2.15. The van der Waals surface area contributed by atoms with Gasteiger partial charge in [-0.1, -0.05) is 57.2 Å². The number of phenols is 1. The van der Waals surface area contributed by atoms with Crippen LogP contribution < -0.4 is 0 Å². The third-order valence-electron chi connectivity index (χ3n) is 3.66. The fraction of sp³-hybridized carbons (Fsp3) is 0.316. The number of phenolic OH excluding ortho intramolecular Hbond substituents is 1. The highest BCUT2D eigenvalue weighted by Gasteiger charge is 2.24. The van der Waals surface area contributed by atoms with Crippen LogP contribution in [0.4, 0.5) is 0 Å². The van der Waals surface area contributed by atoms with E-state index in [0.717, 1.165) is 11.1 Å². The van der Waals surface area contributed by atoms with Crippen molar-refractivity contribution in [3.8, 4) is 5.75 Å². The minimum absolute atomic E-state index is 0.00727. The molecule has 22 heavy (non-hydrogen) atoms. The first-order chi connectivity index (χ1) is 10.3. The van der Waals surface area contributed by atoms with E-state index in [2.05, 4.69) is 0 Å². The number of rotatable bonds is 4. The van der Waals surface area contributed by atoms with Gasteiger partial charge >= 0.3 is 0 Å². The maximum atomic E-state index is 12.7. The summed E-state index contributed by atoms with van der Waals surface area (Å²) < 4.78 is 0. The first kappa shape index (κ1) is 16.2. The van der Waals surface area contributed by atoms with Crippen LogP contribution in [0.25, 0.3) is 0 Å². The fourth-order valence-electron chi connectivity index (χ4n) is 2.46. The maximum absolute atomic E-state index is 12.7. The van der Waals surface area contributed by atoms with Crippen LogP contribution in [0.1, 0.15) is 47.8 Å². The standard InChI is InChI=1S/C19H22O3/c1-19(2,3)16-12-13(9-10-20)11-15(18(16)22)17(21)14-7-5-4-6-8-14/h4-8,11-12,20,22H,9-10H2,1-3H3. The molecule has 3 heteroatoms. The third kappa shape index (κ3) is 3.37. The quantitative estimate of drug-likeness (QED) is 0.850. The zero-order valence-electron chi connectivity index (χ0n) is 13.3. The molecule has 0 fully saturated rings. The van der Waals surface area contributed by atoms with E-state index in [4.69, 9.17) is 0 Å². The molecule has 2 N–H and O–H groups in total. The number of benzene rings is 2. The van der Waals surface area contributed by atoms with Gasteiger partial charge in [-0.15, -0.1) is 0 Å². The van der Waals surface area contributed by atoms with Crippen LogP contribution in [-0.2, 0) is 11.8 Å². The second-order valence-electron chi connectivity index (χ2n) is 6.46. The van der Waals surface area contributed by atoms with Crippen molar-refractivity contribution in [2.75, 3.05) is 6.61 Å². The summed E-state index contributed by atoms with van der Waals surface area (Å²) in [5, 5.41) is 19.7. The molecule has 0 spiro atoms. The average molecular weight is 298 g/mol. The van der Waals surface area contributed by atoms with E-state index >= 15 is 0 Å². The predicted molar refractivity (Wildman–Crippen MR) is 87.5 cm³/mol. The van der Waals surface area contributed by atoms with Crippen LogP contribution in [0.15, 0.2) is 42.5 Å². The van der Waals surface area contributed by atoms with Crippen LogP contribution in [-0.4, -0.2) is 22.6 Å². The fourth-order valence-corrected chi connectivity index (χ4v) is 2.46. The number of hydrogen-bond acceptors (Lipinski definition) is 3. The molecule has 0 amide bonds. The number of hydrogen-bond donors (Lipinski definition) is 2. The summed E-state index contributed by atoms with van der Waals surface area (Å²) in [7, 11) is 0. The molecule has 0 bridgehead atoms. The Balaban J connectivity index is 2.59. The van der Waals surface area contributed by atoms with Crippen LogP contribution in [0.5, 0.6) is 5.75 Å². The third-order valence-corrected chi connectivity index (χ3v) is 3.66. The Morgan fingerprint density at radius 3 is 2.27 bits per heavy atom. The van der Waals surface area contributed by atoms with Gasteiger partial charge in [0.2, 0.25) is 0 Å². The summed E-state index contributed by atoms with van der Waals surface area (Å²) in [6.07, 6.45) is 0.457. The number of aliphatic hydroxyl groups is 1. The van der Waals surface area contributed by atoms with E-state index in [1.54, 1.807) is 30.3 Å². The van der Waals surface area contributed by atoms with Crippen molar-refractivity contribution in [2.45, 2.75) is 32.6 Å². The Bertz CT molecular complexity index is 667. The van der Waals surface area contributed by atoms with Gasteiger partial charge in [-0.3, -0.25) is 4.79 Å². The molecule has 2 aromatic carbocycles. The molecule has 0 aromatic heterocycles. The van der Waals surface area contributed by atoms with E-state index in [1.807, 2.05) is 32.9 Å². The summed E-state index contributed by atoms with van der Waals surface area (Å²) in [4.78, 5) is 12.7. The minimum Gasteiger partial charge on any atom is -0.507 e. The maximum Gasteiger partial charge on any atom is 0.196 e. The van der Waals surface area contributed by atoms with E-state index in [9.17, 15) is 15.0 Å². The van der Waals surface area contributed by atoms with Crippen LogP contribution >= 0.6 is 0 Å². The number of carbonyl (C=O) groups is 1. The highest BCUT2D eigenvalue weighted by Crippen LogP contribution is 2.35. The molecule has 3 nitrogen and oxygen atoms in total. The Morgan fingerprint density at radius 1 is 1.09 bits per heavy atom. The Hall–Kier alpha value is -2.13. The molecular formula is C19H22O3. The monoisotopic (exact) mass is 298 g/mol. The zero-order chi connectivity index (χ0) is 16.3. The highest BCUT2D eigenvalue weighted by molar-refractivity contribution is 6.11. The van der Waals surface area contributed by atoms with Gasteiger partial charge in [0, 0.05) is 17.7 Å². The van der Waals surface area contributed by atoms with Crippen molar-refractivity contribution < 1.29 is 15.0 Å². The normalized spacial score (nSPS) is 11.5. The van der Waals surface area contributed by atoms with Crippen molar-refractivity contribution in [3.05, 3.63) is 64.7 Å². The summed E-state index contributed by atoms with van der Waals surface area (Å²) in [6.45, 7) is 5.97. The first-order valence-electron chi connectivity index (χ1n) is 7.41. The highest BCUT2D eigenvalue weighted by atomic mass is 16.3. The van der Waals surface area contributed by atoms with Crippen molar-refractivity contribution >= 4 is 5.78 Å². The largest absolute Gasteiger partial charge is 0.507 e. The molecule has 0 aliphatic heterocycles. The Morgan fingerprint density at radius 2 is 1.73 bits per heavy atom. The van der Waals surface area contributed by atoms with Gasteiger partial charge in [0.25, 0.3) is 0 Å². The molecule has 0 saturated carbocycles. The molecule has 0 aliphatic carbocycles. The van der Waals surface area contributed by atoms with Gasteiger partial charge in [0.15, 0.2) is 5.78 Å². The topological polar surface area (TPSA) is 57.5 Å². The molecule has 0 radical (unpaired) electrons. The Kier molecular flexibility index (Phi) is 4.67. The number of aliphatic hydroxyl groups excluding tert-OH is 1. The summed E-state index contributed by atoms with van der Waals surface area (Å²) in [5.41, 5.74) is 2.12. The molecule has 0 aliphatic rings. The van der Waals surface area contributed by atoms with E-state index in [0.29, 0.717) is 17.5 Å². The van der Waals surface area contributed by atoms with Gasteiger partial charge in [-0.2, -0.15) is 0 Å². The van der Waals surface area contributed by atoms with Crippen molar-refractivity contribution in [1.82, 2.24) is 0 Å². The lowest BCUT2D eigenvalue weighted by Gasteiger charge is -2.23. The number of carbonyl (C=O) groups excluding carboxylic acids is 1. The molecular weight excluding hydrogens is 276 g/mol. The number of ketones is 1. The summed E-state index contributed by atoms with van der Waals surface area (Å²) >= 11 is 0. The SMILES string of the molecule is CC(C)(C)c1cc(CCO)cc(C(=O)c2ccccc2)c1O. The van der Waals surface area contributed by atoms with Crippen LogP contribution in [0, 0.1) is 0 Å². The van der Waals surface area contributed by atoms with Gasteiger partial charge in [0.05, 0.1) is 5.56 Å². The second kappa shape index (κ2) is 6.32. The Labute approximate surface area is 131 Å². The molecule has 0 atom stereocenters. The summed E-state index contributed by atoms with van der Waals surface area (Å²) in [5.74, 6) is -0.175. The van der Waals surface area contributed by atoms with Crippen LogP contribution in [0.3, 0.4) is 0 Å². The van der Waals surface area contributed by atoms with Crippen LogP contribution in [0.2, 0.25) is 0 Å². The number of aromatic hydroxyl groups is 1. The average Bonchev–Trinajstić information content (AvgIpc) is 2.48. The molecule has 2 aromatic rings. The predicted octanol–water partition coefficient (Wildman–Crippen LogP) is 3.46. The van der Waals surface area contributed by atoms with Gasteiger partial charge in [-0.05, 0) is 23.5 Å². The van der Waals surface area contributed by atoms with Crippen molar-refractivity contribution in [2.24, 2.45) is 0 Å². The molecule has 0 heterocycles. The molecule has 116 valence electrons. The smallest absolute Gasteiger partial charge is 0.196 e. The lowest BCUT2D eigenvalue weighted by atomic mass is 9.82. The first-order valence-corrected chi connectivity index (χ1v) is 7.41. The van der Waals surface area contributed by atoms with Crippen molar-refractivity contribution in [3.63, 3.8) is 0 Å². The molecule has 0 saturated heterocycles. The van der Waals surface area contributed by atoms with Gasteiger partial charge < -0.3 is 10.2 Å². The minimum atomic E-state index is -0.290. The molecule has 0 unspecified atom stereocenters. The van der Waals surface area contributed by atoms with E-state index in [1.165, 1.54) is 0 Å².